The molecule has 0 saturated heterocycles. The van der Waals surface area contributed by atoms with Gasteiger partial charge in [-0.05, 0) is 36.4 Å². The van der Waals surface area contributed by atoms with Crippen molar-refractivity contribution < 1.29 is 18.8 Å². The number of halogens is 1. The van der Waals surface area contributed by atoms with Crippen molar-refractivity contribution in [2.45, 2.75) is 0 Å². The van der Waals surface area contributed by atoms with Crippen molar-refractivity contribution in [3.05, 3.63) is 58.4 Å². The minimum absolute atomic E-state index is 0.149. The Balaban J connectivity index is 2.28. The van der Waals surface area contributed by atoms with Crippen LogP contribution in [0.3, 0.4) is 0 Å². The quantitative estimate of drug-likeness (QED) is 0.625. The maximum absolute atomic E-state index is 12.7. The second kappa shape index (κ2) is 5.34. The summed E-state index contributed by atoms with van der Waals surface area (Å²) in [5.41, 5.74) is -0.192. The van der Waals surface area contributed by atoms with Gasteiger partial charge in [0, 0.05) is 0 Å². The van der Waals surface area contributed by atoms with E-state index in [1.165, 1.54) is 49.6 Å². The molecule has 2 aromatic carbocycles. The minimum Gasteiger partial charge on any atom is -0.490 e. The van der Waals surface area contributed by atoms with E-state index < -0.39 is 4.92 Å². The van der Waals surface area contributed by atoms with E-state index in [-0.39, 0.29) is 23.0 Å². The number of nitro groups is 1. The molecule has 6 heteroatoms. The van der Waals surface area contributed by atoms with E-state index >= 15 is 0 Å². The molecule has 0 amide bonds. The van der Waals surface area contributed by atoms with E-state index in [2.05, 4.69) is 0 Å². The van der Waals surface area contributed by atoms with Gasteiger partial charge in [0.05, 0.1) is 18.1 Å². The van der Waals surface area contributed by atoms with Gasteiger partial charge in [0.25, 0.3) is 0 Å². The van der Waals surface area contributed by atoms with Crippen LogP contribution in [0.15, 0.2) is 42.5 Å². The van der Waals surface area contributed by atoms with E-state index in [0.717, 1.165) is 0 Å². The molecule has 0 aliphatic carbocycles. The van der Waals surface area contributed by atoms with Gasteiger partial charge in [-0.3, -0.25) is 10.1 Å². The highest BCUT2D eigenvalue weighted by atomic mass is 19.1. The van der Waals surface area contributed by atoms with Gasteiger partial charge in [-0.15, -0.1) is 0 Å². The lowest BCUT2D eigenvalue weighted by Gasteiger charge is -2.07. The number of hydrogen-bond acceptors (Lipinski definition) is 4. The summed E-state index contributed by atoms with van der Waals surface area (Å²) >= 11 is 0. The Morgan fingerprint density at radius 1 is 1.11 bits per heavy atom. The van der Waals surface area contributed by atoms with Crippen molar-refractivity contribution in [1.29, 1.82) is 0 Å². The zero-order chi connectivity index (χ0) is 13.8. The van der Waals surface area contributed by atoms with Crippen LogP contribution in [0.4, 0.5) is 10.1 Å². The molecular formula is C13H10FNO4. The van der Waals surface area contributed by atoms with Crippen LogP contribution in [-0.2, 0) is 0 Å². The predicted octanol–water partition coefficient (Wildman–Crippen LogP) is 3.53. The molecule has 19 heavy (non-hydrogen) atoms. The molecule has 0 aliphatic heterocycles. The highest BCUT2D eigenvalue weighted by Gasteiger charge is 2.16. The van der Waals surface area contributed by atoms with Crippen molar-refractivity contribution in [2.75, 3.05) is 7.11 Å². The summed E-state index contributed by atoms with van der Waals surface area (Å²) < 4.78 is 23.0. The Hall–Kier alpha value is -2.63. The molecule has 0 fully saturated rings. The molecule has 2 aromatic rings. The summed E-state index contributed by atoms with van der Waals surface area (Å²) in [4.78, 5) is 10.3. The fraction of sp³-hybridized carbons (Fsp3) is 0.0769. The summed E-state index contributed by atoms with van der Waals surface area (Å²) in [6.07, 6.45) is 0. The molecule has 0 spiro atoms. The fourth-order valence-corrected chi connectivity index (χ4v) is 1.51. The van der Waals surface area contributed by atoms with E-state index in [0.29, 0.717) is 5.75 Å². The number of methoxy groups -OCH3 is 1. The molecule has 0 radical (unpaired) electrons. The Labute approximate surface area is 108 Å². The van der Waals surface area contributed by atoms with Crippen molar-refractivity contribution in [2.24, 2.45) is 0 Å². The lowest BCUT2D eigenvalue weighted by Crippen LogP contribution is -1.94. The maximum atomic E-state index is 12.7. The third-order valence-corrected chi connectivity index (χ3v) is 2.40. The first-order valence-electron chi connectivity index (χ1n) is 5.36. The predicted molar refractivity (Wildman–Crippen MR) is 66.1 cm³/mol. The summed E-state index contributed by atoms with van der Waals surface area (Å²) in [5.74, 6) is 0.435. The van der Waals surface area contributed by atoms with Crippen molar-refractivity contribution in [1.82, 2.24) is 0 Å². The third kappa shape index (κ3) is 2.98. The fourth-order valence-electron chi connectivity index (χ4n) is 1.51. The SMILES string of the molecule is COc1ccc(Oc2ccc(F)cc2)cc1[N+](=O)[O-]. The summed E-state index contributed by atoms with van der Waals surface area (Å²) in [6.45, 7) is 0. The molecular weight excluding hydrogens is 253 g/mol. The lowest BCUT2D eigenvalue weighted by atomic mass is 10.2. The van der Waals surface area contributed by atoms with Crippen molar-refractivity contribution in [3.63, 3.8) is 0 Å². The molecule has 0 bridgehead atoms. The minimum atomic E-state index is -0.559. The standard InChI is InChI=1S/C13H10FNO4/c1-18-13-7-6-11(8-12(13)15(16)17)19-10-4-2-9(14)3-5-10/h2-8H,1H3. The zero-order valence-corrected chi connectivity index (χ0v) is 10.00. The van der Waals surface area contributed by atoms with Crippen LogP contribution in [0.5, 0.6) is 17.2 Å². The Morgan fingerprint density at radius 3 is 2.32 bits per heavy atom. The first-order chi connectivity index (χ1) is 9.10. The smallest absolute Gasteiger partial charge is 0.314 e. The van der Waals surface area contributed by atoms with Crippen LogP contribution < -0.4 is 9.47 Å². The van der Waals surface area contributed by atoms with E-state index in [1.807, 2.05) is 0 Å². The first kappa shape index (κ1) is 12.8. The van der Waals surface area contributed by atoms with Crippen LogP contribution in [0.2, 0.25) is 0 Å². The van der Waals surface area contributed by atoms with Crippen LogP contribution in [0.1, 0.15) is 0 Å². The normalized spacial score (nSPS) is 10.0. The van der Waals surface area contributed by atoms with E-state index in [9.17, 15) is 14.5 Å². The molecule has 98 valence electrons. The zero-order valence-electron chi connectivity index (χ0n) is 10.00. The van der Waals surface area contributed by atoms with Gasteiger partial charge in [-0.25, -0.2) is 4.39 Å². The Kier molecular flexibility index (Phi) is 3.61. The van der Waals surface area contributed by atoms with Gasteiger partial charge < -0.3 is 9.47 Å². The summed E-state index contributed by atoms with van der Waals surface area (Å²) in [7, 11) is 1.35. The summed E-state index contributed by atoms with van der Waals surface area (Å²) in [6, 6.07) is 9.59. The number of hydrogen-bond donors (Lipinski definition) is 0. The van der Waals surface area contributed by atoms with Crippen LogP contribution in [0, 0.1) is 15.9 Å². The molecule has 0 unspecified atom stereocenters. The second-order valence-corrected chi connectivity index (χ2v) is 3.65. The molecule has 0 atom stereocenters. The molecule has 0 aliphatic rings. The number of benzene rings is 2. The Morgan fingerprint density at radius 2 is 1.74 bits per heavy atom. The monoisotopic (exact) mass is 263 g/mol. The number of rotatable bonds is 4. The molecule has 0 aromatic heterocycles. The van der Waals surface area contributed by atoms with Gasteiger partial charge in [0.1, 0.15) is 17.3 Å². The van der Waals surface area contributed by atoms with E-state index in [4.69, 9.17) is 9.47 Å². The van der Waals surface area contributed by atoms with Gasteiger partial charge in [-0.2, -0.15) is 0 Å². The van der Waals surface area contributed by atoms with Gasteiger partial charge in [0.2, 0.25) is 0 Å². The summed E-state index contributed by atoms with van der Waals surface area (Å²) in [5, 5.41) is 10.9. The third-order valence-electron chi connectivity index (χ3n) is 2.40. The number of nitro benzene ring substituents is 1. The van der Waals surface area contributed by atoms with Crippen LogP contribution in [0.25, 0.3) is 0 Å². The van der Waals surface area contributed by atoms with Crippen LogP contribution in [-0.4, -0.2) is 12.0 Å². The second-order valence-electron chi connectivity index (χ2n) is 3.65. The van der Waals surface area contributed by atoms with Gasteiger partial charge in [0.15, 0.2) is 5.75 Å². The first-order valence-corrected chi connectivity index (χ1v) is 5.36. The average Bonchev–Trinajstić information content (AvgIpc) is 2.41. The van der Waals surface area contributed by atoms with E-state index in [1.54, 1.807) is 0 Å². The number of nitrogens with zero attached hydrogens (tertiary/aromatic N) is 1. The molecule has 5 nitrogen and oxygen atoms in total. The largest absolute Gasteiger partial charge is 0.490 e. The highest BCUT2D eigenvalue weighted by molar-refractivity contribution is 5.51. The van der Waals surface area contributed by atoms with Crippen LogP contribution >= 0.6 is 0 Å². The van der Waals surface area contributed by atoms with Crippen molar-refractivity contribution in [3.8, 4) is 17.2 Å². The maximum Gasteiger partial charge on any atom is 0.314 e. The number of ether oxygens (including phenoxy) is 2. The van der Waals surface area contributed by atoms with Crippen molar-refractivity contribution >= 4 is 5.69 Å². The molecule has 0 heterocycles. The van der Waals surface area contributed by atoms with Gasteiger partial charge >= 0.3 is 5.69 Å². The average molecular weight is 263 g/mol. The van der Waals surface area contributed by atoms with Gasteiger partial charge in [-0.1, -0.05) is 0 Å². The molecule has 0 N–H and O–H groups in total. The molecule has 2 rings (SSSR count). The lowest BCUT2D eigenvalue weighted by molar-refractivity contribution is -0.385. The Bertz CT molecular complexity index is 598. The highest BCUT2D eigenvalue weighted by Crippen LogP contribution is 2.32. The molecule has 0 saturated carbocycles. The topological polar surface area (TPSA) is 61.6 Å².